The minimum Gasteiger partial charge on any atom is -0.0841 e. The summed E-state index contributed by atoms with van der Waals surface area (Å²) in [6, 6.07) is 10.8. The maximum atomic E-state index is 2.28. The van der Waals surface area contributed by atoms with Gasteiger partial charge in [-0.2, -0.15) is 0 Å². The average molecular weight is 220 g/mol. The second-order valence-corrected chi connectivity index (χ2v) is 4.55. The number of allylic oxidation sites excluding steroid dienone is 8. The summed E-state index contributed by atoms with van der Waals surface area (Å²) in [5, 5.41) is 0. The molecule has 0 nitrogen and oxygen atoms in total. The molecule has 0 heterocycles. The lowest BCUT2D eigenvalue weighted by Gasteiger charge is -2.13. The zero-order valence-corrected chi connectivity index (χ0v) is 9.89. The van der Waals surface area contributed by atoms with Crippen LogP contribution in [0, 0.1) is 0 Å². The van der Waals surface area contributed by atoms with Crippen molar-refractivity contribution in [2.75, 3.05) is 0 Å². The monoisotopic (exact) mass is 220 g/mol. The Morgan fingerprint density at radius 2 is 1.59 bits per heavy atom. The Kier molecular flexibility index (Phi) is 2.79. The highest BCUT2D eigenvalue weighted by molar-refractivity contribution is 5.83. The van der Waals surface area contributed by atoms with Crippen molar-refractivity contribution in [3.8, 4) is 0 Å². The Labute approximate surface area is 103 Å². The minimum atomic E-state index is 1.08. The van der Waals surface area contributed by atoms with Crippen molar-refractivity contribution in [3.63, 3.8) is 0 Å². The molecule has 1 aromatic carbocycles. The van der Waals surface area contributed by atoms with E-state index in [1.807, 2.05) is 0 Å². The average Bonchev–Trinajstić information content (AvgIpc) is 3.04. The van der Waals surface area contributed by atoms with Crippen molar-refractivity contribution in [2.24, 2.45) is 0 Å². The Morgan fingerprint density at radius 1 is 0.824 bits per heavy atom. The maximum absolute atomic E-state index is 2.28. The second-order valence-electron chi connectivity index (χ2n) is 4.55. The van der Waals surface area contributed by atoms with Gasteiger partial charge in [0.05, 0.1) is 0 Å². The van der Waals surface area contributed by atoms with Gasteiger partial charge in [-0.3, -0.25) is 0 Å². The Hall–Kier alpha value is -1.82. The summed E-state index contributed by atoms with van der Waals surface area (Å²) in [5.74, 6) is 0. The van der Waals surface area contributed by atoms with Gasteiger partial charge in [0, 0.05) is 0 Å². The fourth-order valence-electron chi connectivity index (χ4n) is 2.59. The van der Waals surface area contributed by atoms with E-state index in [9.17, 15) is 0 Å². The number of hydrogen-bond donors (Lipinski definition) is 0. The van der Waals surface area contributed by atoms with Crippen LogP contribution >= 0.6 is 0 Å². The molecule has 0 saturated heterocycles. The van der Waals surface area contributed by atoms with E-state index in [2.05, 4.69) is 60.7 Å². The largest absolute Gasteiger partial charge is 0.0841 e. The standard InChI is InChI=1S/C17H16/c1-2-8-14(9-3-1)17(15-10-4-5-11-15)16-12-6-7-13-16/h1-10H,11-13H2. The zero-order chi connectivity index (χ0) is 11.5. The van der Waals surface area contributed by atoms with Crippen molar-refractivity contribution < 1.29 is 0 Å². The summed E-state index contributed by atoms with van der Waals surface area (Å²) in [5.41, 5.74) is 5.86. The van der Waals surface area contributed by atoms with Crippen LogP contribution in [0.5, 0.6) is 0 Å². The fraction of sp³-hybridized carbons (Fsp3) is 0.176. The SMILES string of the molecule is C1=CCC(C(=C2CC=CC2)c2ccccc2)=C1. The first-order valence-corrected chi connectivity index (χ1v) is 6.23. The van der Waals surface area contributed by atoms with Crippen molar-refractivity contribution in [2.45, 2.75) is 19.3 Å². The van der Waals surface area contributed by atoms with Crippen LogP contribution < -0.4 is 0 Å². The Bertz CT molecular complexity index is 514. The third-order valence-corrected chi connectivity index (χ3v) is 3.40. The quantitative estimate of drug-likeness (QED) is 0.635. The molecule has 0 spiro atoms. The lowest BCUT2D eigenvalue weighted by atomic mass is 9.91. The molecule has 0 unspecified atom stereocenters. The lowest BCUT2D eigenvalue weighted by molar-refractivity contribution is 1.18. The molecule has 3 rings (SSSR count). The van der Waals surface area contributed by atoms with Gasteiger partial charge in [-0.05, 0) is 36.0 Å². The first kappa shape index (κ1) is 10.3. The maximum Gasteiger partial charge on any atom is -0.00882 e. The van der Waals surface area contributed by atoms with E-state index in [1.54, 1.807) is 5.57 Å². The van der Waals surface area contributed by atoms with E-state index in [-0.39, 0.29) is 0 Å². The molecule has 0 saturated carbocycles. The Morgan fingerprint density at radius 3 is 2.24 bits per heavy atom. The van der Waals surface area contributed by atoms with Gasteiger partial charge in [0.25, 0.3) is 0 Å². The summed E-state index contributed by atoms with van der Waals surface area (Å²) in [7, 11) is 0. The molecule has 0 amide bonds. The third-order valence-electron chi connectivity index (χ3n) is 3.40. The third kappa shape index (κ3) is 2.03. The van der Waals surface area contributed by atoms with Gasteiger partial charge >= 0.3 is 0 Å². The van der Waals surface area contributed by atoms with Crippen molar-refractivity contribution in [1.82, 2.24) is 0 Å². The van der Waals surface area contributed by atoms with Gasteiger partial charge in [-0.25, -0.2) is 0 Å². The first-order chi connectivity index (χ1) is 8.45. The highest BCUT2D eigenvalue weighted by atomic mass is 14.2. The van der Waals surface area contributed by atoms with Crippen LogP contribution in [0.25, 0.3) is 5.57 Å². The molecule has 0 aliphatic heterocycles. The van der Waals surface area contributed by atoms with Crippen LogP contribution in [-0.2, 0) is 0 Å². The molecular weight excluding hydrogens is 204 g/mol. The fourth-order valence-corrected chi connectivity index (χ4v) is 2.59. The molecule has 0 atom stereocenters. The predicted molar refractivity (Wildman–Crippen MR) is 73.6 cm³/mol. The van der Waals surface area contributed by atoms with Crippen LogP contribution in [0.4, 0.5) is 0 Å². The first-order valence-electron chi connectivity index (χ1n) is 6.23. The molecule has 17 heavy (non-hydrogen) atoms. The second kappa shape index (κ2) is 4.58. The molecule has 2 aliphatic carbocycles. The molecule has 1 aromatic rings. The van der Waals surface area contributed by atoms with E-state index in [4.69, 9.17) is 0 Å². The van der Waals surface area contributed by atoms with E-state index in [0.717, 1.165) is 19.3 Å². The molecular formula is C17H16. The summed E-state index contributed by atoms with van der Waals surface area (Å²) in [6.45, 7) is 0. The van der Waals surface area contributed by atoms with E-state index in [0.29, 0.717) is 0 Å². The molecule has 0 aromatic heterocycles. The van der Waals surface area contributed by atoms with E-state index < -0.39 is 0 Å². The molecule has 0 N–H and O–H groups in total. The van der Waals surface area contributed by atoms with Crippen LogP contribution in [0.3, 0.4) is 0 Å². The highest BCUT2D eigenvalue weighted by Crippen LogP contribution is 2.36. The number of benzene rings is 1. The van der Waals surface area contributed by atoms with Crippen LogP contribution in [0.2, 0.25) is 0 Å². The number of hydrogen-bond acceptors (Lipinski definition) is 0. The summed E-state index contributed by atoms with van der Waals surface area (Å²) in [6.07, 6.45) is 14.5. The molecule has 0 fully saturated rings. The van der Waals surface area contributed by atoms with Gasteiger partial charge < -0.3 is 0 Å². The summed E-state index contributed by atoms with van der Waals surface area (Å²) < 4.78 is 0. The van der Waals surface area contributed by atoms with Gasteiger partial charge in [0.2, 0.25) is 0 Å². The lowest BCUT2D eigenvalue weighted by Crippen LogP contribution is -1.92. The van der Waals surface area contributed by atoms with Crippen LogP contribution in [-0.4, -0.2) is 0 Å². The van der Waals surface area contributed by atoms with Crippen molar-refractivity contribution in [1.29, 1.82) is 0 Å². The highest BCUT2D eigenvalue weighted by Gasteiger charge is 2.15. The molecule has 0 radical (unpaired) electrons. The van der Waals surface area contributed by atoms with Crippen molar-refractivity contribution in [3.05, 3.63) is 77.4 Å². The molecule has 0 bridgehead atoms. The number of rotatable bonds is 2. The van der Waals surface area contributed by atoms with Gasteiger partial charge in [-0.1, -0.05) is 66.3 Å². The molecule has 0 heteroatoms. The predicted octanol–water partition coefficient (Wildman–Crippen LogP) is 4.68. The van der Waals surface area contributed by atoms with E-state index in [1.165, 1.54) is 16.7 Å². The van der Waals surface area contributed by atoms with E-state index >= 15 is 0 Å². The molecule has 2 aliphatic rings. The summed E-state index contributed by atoms with van der Waals surface area (Å²) in [4.78, 5) is 0. The van der Waals surface area contributed by atoms with Crippen LogP contribution in [0.15, 0.2) is 71.9 Å². The topological polar surface area (TPSA) is 0 Å². The van der Waals surface area contributed by atoms with Gasteiger partial charge in [0.15, 0.2) is 0 Å². The van der Waals surface area contributed by atoms with Gasteiger partial charge in [0.1, 0.15) is 0 Å². The smallest absolute Gasteiger partial charge is 0.00882 e. The van der Waals surface area contributed by atoms with Crippen molar-refractivity contribution >= 4 is 5.57 Å². The summed E-state index contributed by atoms with van der Waals surface area (Å²) >= 11 is 0. The molecule has 84 valence electrons. The van der Waals surface area contributed by atoms with Gasteiger partial charge in [-0.15, -0.1) is 0 Å². The normalized spacial score (nSPS) is 17.6. The zero-order valence-electron chi connectivity index (χ0n) is 9.89. The van der Waals surface area contributed by atoms with Crippen LogP contribution in [0.1, 0.15) is 24.8 Å². The minimum absolute atomic E-state index is 1.08. The Balaban J connectivity index is 2.06.